The van der Waals surface area contributed by atoms with Crippen LogP contribution in [0.3, 0.4) is 0 Å². The quantitative estimate of drug-likeness (QED) is 0.872. The van der Waals surface area contributed by atoms with Gasteiger partial charge in [0.1, 0.15) is 5.76 Å². The van der Waals surface area contributed by atoms with Crippen molar-refractivity contribution >= 4 is 23.2 Å². The molecule has 2 aromatic rings. The van der Waals surface area contributed by atoms with Gasteiger partial charge < -0.3 is 14.2 Å². The molecular formula is C16H18ClN3O2. The normalized spacial score (nSPS) is 15.2. The first kappa shape index (κ1) is 14.9. The van der Waals surface area contributed by atoms with Crippen LogP contribution in [0.2, 0.25) is 5.02 Å². The molecule has 1 fully saturated rings. The third-order valence-corrected chi connectivity index (χ3v) is 4.20. The number of aromatic nitrogens is 1. The van der Waals surface area contributed by atoms with Crippen LogP contribution in [-0.4, -0.2) is 42.0 Å². The van der Waals surface area contributed by atoms with E-state index in [4.69, 9.17) is 16.0 Å². The van der Waals surface area contributed by atoms with Gasteiger partial charge in [-0.05, 0) is 25.1 Å². The van der Waals surface area contributed by atoms with Crippen LogP contribution in [-0.2, 0) is 11.2 Å². The zero-order valence-corrected chi connectivity index (χ0v) is 13.2. The monoisotopic (exact) mass is 319 g/mol. The number of halogens is 1. The van der Waals surface area contributed by atoms with Crippen molar-refractivity contribution in [3.63, 3.8) is 0 Å². The van der Waals surface area contributed by atoms with Crippen LogP contribution in [0.1, 0.15) is 11.5 Å². The van der Waals surface area contributed by atoms with Gasteiger partial charge in [0, 0.05) is 36.9 Å². The number of rotatable bonds is 3. The summed E-state index contributed by atoms with van der Waals surface area (Å²) >= 11 is 6.03. The third kappa shape index (κ3) is 3.25. The molecule has 0 N–H and O–H groups in total. The van der Waals surface area contributed by atoms with Crippen LogP contribution in [0, 0.1) is 6.92 Å². The highest BCUT2D eigenvalue weighted by molar-refractivity contribution is 6.30. The molecule has 1 saturated heterocycles. The van der Waals surface area contributed by atoms with Crippen LogP contribution >= 0.6 is 11.6 Å². The largest absolute Gasteiger partial charge is 0.448 e. The predicted molar refractivity (Wildman–Crippen MR) is 85.2 cm³/mol. The summed E-state index contributed by atoms with van der Waals surface area (Å²) in [5.74, 6) is 0.743. The zero-order valence-electron chi connectivity index (χ0n) is 12.5. The number of piperazine rings is 1. The minimum Gasteiger partial charge on any atom is -0.448 e. The van der Waals surface area contributed by atoms with Crippen molar-refractivity contribution in [1.29, 1.82) is 0 Å². The summed E-state index contributed by atoms with van der Waals surface area (Å²) < 4.78 is 5.25. The van der Waals surface area contributed by atoms with Crippen molar-refractivity contribution < 1.29 is 9.21 Å². The molecule has 0 atom stereocenters. The van der Waals surface area contributed by atoms with Crippen molar-refractivity contribution in [1.82, 2.24) is 9.88 Å². The third-order valence-electron chi connectivity index (χ3n) is 3.96. The predicted octanol–water partition coefficient (Wildman–Crippen LogP) is 2.53. The molecule has 1 aromatic heterocycles. The van der Waals surface area contributed by atoms with Gasteiger partial charge in [-0.1, -0.05) is 17.7 Å². The van der Waals surface area contributed by atoms with Crippen molar-refractivity contribution in [2.45, 2.75) is 13.3 Å². The molecule has 0 unspecified atom stereocenters. The van der Waals surface area contributed by atoms with Gasteiger partial charge in [0.05, 0.1) is 12.1 Å². The fourth-order valence-corrected chi connectivity index (χ4v) is 2.82. The van der Waals surface area contributed by atoms with Crippen LogP contribution in [0.5, 0.6) is 0 Å². The van der Waals surface area contributed by atoms with E-state index in [1.165, 1.54) is 6.39 Å². The number of oxazole rings is 1. The zero-order chi connectivity index (χ0) is 15.5. The second-order valence-corrected chi connectivity index (χ2v) is 5.82. The minimum absolute atomic E-state index is 0.0885. The molecule has 2 heterocycles. The van der Waals surface area contributed by atoms with Crippen LogP contribution < -0.4 is 4.90 Å². The first-order valence-corrected chi connectivity index (χ1v) is 7.68. The van der Waals surface area contributed by atoms with E-state index in [-0.39, 0.29) is 12.3 Å². The van der Waals surface area contributed by atoms with E-state index < -0.39 is 0 Å². The smallest absolute Gasteiger partial charge is 0.230 e. The van der Waals surface area contributed by atoms with Gasteiger partial charge in [-0.2, -0.15) is 0 Å². The van der Waals surface area contributed by atoms with E-state index in [1.54, 1.807) is 0 Å². The maximum atomic E-state index is 12.3. The summed E-state index contributed by atoms with van der Waals surface area (Å²) in [6.07, 6.45) is 1.66. The molecule has 6 heteroatoms. The van der Waals surface area contributed by atoms with Gasteiger partial charge in [0.2, 0.25) is 5.91 Å². The Morgan fingerprint density at radius 3 is 2.73 bits per heavy atom. The van der Waals surface area contributed by atoms with Gasteiger partial charge in [0.15, 0.2) is 6.39 Å². The highest BCUT2D eigenvalue weighted by Crippen LogP contribution is 2.21. The Labute approximate surface area is 134 Å². The molecule has 0 aliphatic carbocycles. The van der Waals surface area contributed by atoms with Crippen LogP contribution in [0.25, 0.3) is 0 Å². The topological polar surface area (TPSA) is 49.6 Å². The van der Waals surface area contributed by atoms with E-state index >= 15 is 0 Å². The number of carbonyl (C=O) groups is 1. The number of carbonyl (C=O) groups excluding carboxylic acids is 1. The fraction of sp³-hybridized carbons (Fsp3) is 0.375. The van der Waals surface area contributed by atoms with Crippen LogP contribution in [0.4, 0.5) is 5.69 Å². The maximum Gasteiger partial charge on any atom is 0.230 e. The lowest BCUT2D eigenvalue weighted by molar-refractivity contribution is -0.131. The molecule has 1 aliphatic heterocycles. The van der Waals surface area contributed by atoms with Crippen LogP contribution in [0.15, 0.2) is 35.1 Å². The number of anilines is 1. The number of amides is 1. The fourth-order valence-electron chi connectivity index (χ4n) is 2.63. The number of aryl methyl sites for hydroxylation is 1. The van der Waals surface area contributed by atoms with Gasteiger partial charge in [0.25, 0.3) is 0 Å². The van der Waals surface area contributed by atoms with Gasteiger partial charge in [-0.25, -0.2) is 4.98 Å². The molecule has 5 nitrogen and oxygen atoms in total. The van der Waals surface area contributed by atoms with E-state index in [0.717, 1.165) is 29.5 Å². The molecule has 1 aromatic carbocycles. The van der Waals surface area contributed by atoms with Crippen molar-refractivity contribution in [2.75, 3.05) is 31.1 Å². The van der Waals surface area contributed by atoms with Crippen molar-refractivity contribution in [2.24, 2.45) is 0 Å². The summed E-state index contributed by atoms with van der Waals surface area (Å²) in [7, 11) is 0. The summed E-state index contributed by atoms with van der Waals surface area (Å²) in [4.78, 5) is 20.5. The van der Waals surface area contributed by atoms with E-state index in [9.17, 15) is 4.79 Å². The van der Waals surface area contributed by atoms with E-state index in [1.807, 2.05) is 36.1 Å². The first-order chi connectivity index (χ1) is 10.6. The Balaban J connectivity index is 1.57. The molecule has 0 radical (unpaired) electrons. The average Bonchev–Trinajstić information content (AvgIpc) is 2.92. The Hall–Kier alpha value is -2.01. The molecule has 0 spiro atoms. The number of benzene rings is 1. The average molecular weight is 320 g/mol. The maximum absolute atomic E-state index is 12.3. The van der Waals surface area contributed by atoms with E-state index in [2.05, 4.69) is 9.88 Å². The number of hydrogen-bond donors (Lipinski definition) is 0. The number of nitrogens with zero attached hydrogens (tertiary/aromatic N) is 3. The Bertz CT molecular complexity index is 663. The molecular weight excluding hydrogens is 302 g/mol. The lowest BCUT2D eigenvalue weighted by Crippen LogP contribution is -2.49. The molecule has 1 aliphatic rings. The van der Waals surface area contributed by atoms with Crippen molar-refractivity contribution in [3.8, 4) is 0 Å². The second-order valence-electron chi connectivity index (χ2n) is 5.39. The lowest BCUT2D eigenvalue weighted by atomic mass is 10.2. The summed E-state index contributed by atoms with van der Waals surface area (Å²) in [5, 5.41) is 0.733. The molecule has 116 valence electrons. The Kier molecular flexibility index (Phi) is 4.34. The Morgan fingerprint density at radius 2 is 2.09 bits per heavy atom. The summed E-state index contributed by atoms with van der Waals surface area (Å²) in [6, 6.07) is 7.81. The summed E-state index contributed by atoms with van der Waals surface area (Å²) in [6.45, 7) is 4.88. The highest BCUT2D eigenvalue weighted by atomic mass is 35.5. The molecule has 3 rings (SSSR count). The van der Waals surface area contributed by atoms with Gasteiger partial charge >= 0.3 is 0 Å². The highest BCUT2D eigenvalue weighted by Gasteiger charge is 2.22. The number of hydrogen-bond acceptors (Lipinski definition) is 4. The van der Waals surface area contributed by atoms with Gasteiger partial charge in [-0.15, -0.1) is 0 Å². The van der Waals surface area contributed by atoms with Crippen molar-refractivity contribution in [3.05, 3.63) is 47.1 Å². The standard InChI is InChI=1S/C16H18ClN3O2/c1-12-15(22-11-18-12)10-16(21)20-7-5-19(6-8-20)14-4-2-3-13(17)9-14/h2-4,9,11H,5-8,10H2,1H3. The molecule has 22 heavy (non-hydrogen) atoms. The van der Waals surface area contributed by atoms with E-state index in [0.29, 0.717) is 18.8 Å². The summed E-state index contributed by atoms with van der Waals surface area (Å²) in [5.41, 5.74) is 1.89. The van der Waals surface area contributed by atoms with Gasteiger partial charge in [-0.3, -0.25) is 4.79 Å². The minimum atomic E-state index is 0.0885. The Morgan fingerprint density at radius 1 is 1.32 bits per heavy atom. The molecule has 0 saturated carbocycles. The lowest BCUT2D eigenvalue weighted by Gasteiger charge is -2.36. The molecule has 1 amide bonds. The first-order valence-electron chi connectivity index (χ1n) is 7.31. The SMILES string of the molecule is Cc1ncoc1CC(=O)N1CCN(c2cccc(Cl)c2)CC1. The second kappa shape index (κ2) is 6.40. The molecule has 0 bridgehead atoms.